The summed E-state index contributed by atoms with van der Waals surface area (Å²) < 4.78 is 5.65. The molecule has 2 rings (SSSR count). The van der Waals surface area contributed by atoms with E-state index in [1.54, 1.807) is 19.2 Å². The predicted octanol–water partition coefficient (Wildman–Crippen LogP) is 2.25. The number of ether oxygens (including phenoxy) is 1. The third kappa shape index (κ3) is 2.78. The monoisotopic (exact) mass is 265 g/mol. The van der Waals surface area contributed by atoms with Gasteiger partial charge in [-0.15, -0.1) is 0 Å². The molecule has 0 amide bonds. The Kier molecular flexibility index (Phi) is 3.61. The first-order chi connectivity index (χ1) is 8.94. The molecule has 6 nitrogen and oxygen atoms in total. The van der Waals surface area contributed by atoms with Crippen LogP contribution in [0.25, 0.3) is 0 Å². The quantitative estimate of drug-likeness (QED) is 0.670. The molecule has 104 valence electrons. The summed E-state index contributed by atoms with van der Waals surface area (Å²) in [6, 6.07) is 5.34. The second kappa shape index (κ2) is 5.05. The highest BCUT2D eigenvalue weighted by atomic mass is 16.6. The summed E-state index contributed by atoms with van der Waals surface area (Å²) in [5, 5.41) is 14.2. The van der Waals surface area contributed by atoms with E-state index in [2.05, 4.69) is 5.32 Å². The Hall–Kier alpha value is -1.82. The molecule has 1 saturated heterocycles. The number of anilines is 2. The number of nitrogens with zero attached hydrogens (tertiary/aromatic N) is 2. The molecule has 0 bridgehead atoms. The van der Waals surface area contributed by atoms with Gasteiger partial charge in [-0.25, -0.2) is 0 Å². The third-order valence-electron chi connectivity index (χ3n) is 3.23. The van der Waals surface area contributed by atoms with Crippen molar-refractivity contribution in [2.45, 2.75) is 19.4 Å². The molecular formula is C13H19N3O3. The summed E-state index contributed by atoms with van der Waals surface area (Å²) in [6.45, 7) is 5.87. The Morgan fingerprint density at radius 1 is 1.47 bits per heavy atom. The van der Waals surface area contributed by atoms with E-state index in [-0.39, 0.29) is 16.2 Å². The topological polar surface area (TPSA) is 67.6 Å². The van der Waals surface area contributed by atoms with Crippen LogP contribution in [0, 0.1) is 10.1 Å². The van der Waals surface area contributed by atoms with Crippen molar-refractivity contribution in [3.8, 4) is 0 Å². The molecule has 0 atom stereocenters. The largest absolute Gasteiger partial charge is 0.382 e. The fourth-order valence-corrected chi connectivity index (χ4v) is 2.40. The third-order valence-corrected chi connectivity index (χ3v) is 3.23. The summed E-state index contributed by atoms with van der Waals surface area (Å²) in [4.78, 5) is 13.0. The van der Waals surface area contributed by atoms with Crippen molar-refractivity contribution in [1.82, 2.24) is 0 Å². The van der Waals surface area contributed by atoms with Crippen LogP contribution in [0.2, 0.25) is 0 Å². The van der Waals surface area contributed by atoms with Gasteiger partial charge in [0.15, 0.2) is 0 Å². The zero-order chi connectivity index (χ0) is 14.0. The van der Waals surface area contributed by atoms with Gasteiger partial charge in [-0.2, -0.15) is 0 Å². The maximum Gasteiger partial charge on any atom is 0.315 e. The molecule has 1 aromatic carbocycles. The van der Waals surface area contributed by atoms with Crippen LogP contribution in [0.4, 0.5) is 17.1 Å². The molecule has 1 aliphatic rings. The molecule has 1 aromatic rings. The minimum Gasteiger partial charge on any atom is -0.382 e. The van der Waals surface area contributed by atoms with Crippen molar-refractivity contribution in [3.63, 3.8) is 0 Å². The van der Waals surface area contributed by atoms with Gasteiger partial charge in [-0.3, -0.25) is 10.1 Å². The molecule has 0 saturated carbocycles. The first kappa shape index (κ1) is 13.6. The molecule has 19 heavy (non-hydrogen) atoms. The summed E-state index contributed by atoms with van der Waals surface area (Å²) in [7, 11) is 1.69. The summed E-state index contributed by atoms with van der Waals surface area (Å²) in [5.74, 6) is 0. The van der Waals surface area contributed by atoms with E-state index < -0.39 is 0 Å². The number of nitrogens with one attached hydrogen (secondary N) is 1. The Bertz CT molecular complexity index is 488. The van der Waals surface area contributed by atoms with Crippen molar-refractivity contribution in [2.75, 3.05) is 37.0 Å². The lowest BCUT2D eigenvalue weighted by molar-refractivity contribution is -0.383. The fourth-order valence-electron chi connectivity index (χ4n) is 2.40. The molecule has 1 heterocycles. The average molecular weight is 265 g/mol. The zero-order valence-electron chi connectivity index (χ0n) is 11.5. The van der Waals surface area contributed by atoms with Gasteiger partial charge in [0.1, 0.15) is 11.4 Å². The van der Waals surface area contributed by atoms with Crippen LogP contribution < -0.4 is 10.2 Å². The number of rotatable bonds is 3. The SMILES string of the molecule is CNc1cccc(N2CCOC(C)(C)C2)c1[N+](=O)[O-]. The van der Waals surface area contributed by atoms with Crippen LogP contribution in [0.15, 0.2) is 18.2 Å². The van der Waals surface area contributed by atoms with E-state index >= 15 is 0 Å². The van der Waals surface area contributed by atoms with Gasteiger partial charge in [0.25, 0.3) is 0 Å². The molecule has 0 radical (unpaired) electrons. The molecule has 1 fully saturated rings. The highest BCUT2D eigenvalue weighted by Crippen LogP contribution is 2.36. The van der Waals surface area contributed by atoms with E-state index in [4.69, 9.17) is 4.74 Å². The lowest BCUT2D eigenvalue weighted by atomic mass is 10.1. The standard InChI is InChI=1S/C13H19N3O3/c1-13(2)9-15(7-8-19-13)11-6-4-5-10(14-3)12(11)16(17)18/h4-6,14H,7-9H2,1-3H3. The molecule has 1 N–H and O–H groups in total. The number of hydrogen-bond acceptors (Lipinski definition) is 5. The van der Waals surface area contributed by atoms with Crippen LogP contribution in [-0.2, 0) is 4.74 Å². The molecule has 1 aliphatic heterocycles. The van der Waals surface area contributed by atoms with E-state index in [1.165, 1.54) is 0 Å². The zero-order valence-corrected chi connectivity index (χ0v) is 11.5. The Labute approximate surface area is 112 Å². The van der Waals surface area contributed by atoms with Crippen LogP contribution >= 0.6 is 0 Å². The maximum absolute atomic E-state index is 11.3. The van der Waals surface area contributed by atoms with Gasteiger partial charge >= 0.3 is 5.69 Å². The van der Waals surface area contributed by atoms with E-state index in [1.807, 2.05) is 24.8 Å². The average Bonchev–Trinajstić information content (AvgIpc) is 2.36. The highest BCUT2D eigenvalue weighted by molar-refractivity contribution is 5.77. The normalized spacial score (nSPS) is 18.2. The number of morpholine rings is 1. The van der Waals surface area contributed by atoms with Crippen molar-refractivity contribution in [1.29, 1.82) is 0 Å². The van der Waals surface area contributed by atoms with Gasteiger partial charge in [-0.1, -0.05) is 6.07 Å². The molecule has 0 aromatic heterocycles. The number of para-hydroxylation sites is 1. The molecule has 0 spiro atoms. The van der Waals surface area contributed by atoms with Crippen molar-refractivity contribution >= 4 is 17.1 Å². The Morgan fingerprint density at radius 3 is 2.79 bits per heavy atom. The smallest absolute Gasteiger partial charge is 0.315 e. The van der Waals surface area contributed by atoms with Crippen LogP contribution in [0.5, 0.6) is 0 Å². The second-order valence-electron chi connectivity index (χ2n) is 5.21. The molecule has 6 heteroatoms. The van der Waals surface area contributed by atoms with E-state index in [9.17, 15) is 10.1 Å². The van der Waals surface area contributed by atoms with Crippen molar-refractivity contribution < 1.29 is 9.66 Å². The van der Waals surface area contributed by atoms with Gasteiger partial charge in [0.2, 0.25) is 0 Å². The van der Waals surface area contributed by atoms with Gasteiger partial charge in [0, 0.05) is 20.1 Å². The number of hydrogen-bond donors (Lipinski definition) is 1. The first-order valence-corrected chi connectivity index (χ1v) is 6.29. The molecule has 0 aliphatic carbocycles. The van der Waals surface area contributed by atoms with Crippen LogP contribution in [0.1, 0.15) is 13.8 Å². The minimum absolute atomic E-state index is 0.128. The first-order valence-electron chi connectivity index (χ1n) is 6.29. The highest BCUT2D eigenvalue weighted by Gasteiger charge is 2.31. The van der Waals surface area contributed by atoms with Crippen molar-refractivity contribution in [3.05, 3.63) is 28.3 Å². The lowest BCUT2D eigenvalue weighted by Gasteiger charge is -2.39. The summed E-state index contributed by atoms with van der Waals surface area (Å²) in [5.41, 5.74) is 1.02. The van der Waals surface area contributed by atoms with Gasteiger partial charge < -0.3 is 15.0 Å². The summed E-state index contributed by atoms with van der Waals surface area (Å²) >= 11 is 0. The summed E-state index contributed by atoms with van der Waals surface area (Å²) in [6.07, 6.45) is 0. The maximum atomic E-state index is 11.3. The predicted molar refractivity (Wildman–Crippen MR) is 74.9 cm³/mol. The Balaban J connectivity index is 2.41. The second-order valence-corrected chi connectivity index (χ2v) is 5.21. The Morgan fingerprint density at radius 2 is 2.21 bits per heavy atom. The molecule has 0 unspecified atom stereocenters. The van der Waals surface area contributed by atoms with Crippen LogP contribution in [0.3, 0.4) is 0 Å². The lowest BCUT2D eigenvalue weighted by Crippen LogP contribution is -2.48. The van der Waals surface area contributed by atoms with E-state index in [0.29, 0.717) is 31.1 Å². The van der Waals surface area contributed by atoms with Gasteiger partial charge in [0.05, 0.1) is 17.1 Å². The van der Waals surface area contributed by atoms with Crippen LogP contribution in [-0.4, -0.2) is 37.3 Å². The number of nitro benzene ring substituents is 1. The van der Waals surface area contributed by atoms with Crippen molar-refractivity contribution in [2.24, 2.45) is 0 Å². The molecular weight excluding hydrogens is 246 g/mol. The van der Waals surface area contributed by atoms with Gasteiger partial charge in [-0.05, 0) is 26.0 Å². The minimum atomic E-state index is -0.330. The number of nitro groups is 1. The fraction of sp³-hybridized carbons (Fsp3) is 0.538. The van der Waals surface area contributed by atoms with E-state index in [0.717, 1.165) is 0 Å². The number of benzene rings is 1.